The van der Waals surface area contributed by atoms with Gasteiger partial charge in [0.15, 0.2) is 0 Å². The number of rotatable bonds is 6. The summed E-state index contributed by atoms with van der Waals surface area (Å²) in [7, 11) is 3.47. The molecule has 1 aliphatic heterocycles. The van der Waals surface area contributed by atoms with E-state index in [-0.39, 0.29) is 25.3 Å². The number of hydrogen-bond donors (Lipinski definition) is 1. The zero-order valence-electron chi connectivity index (χ0n) is 16.4. The smallest absolute Gasteiger partial charge is 0.268 e. The topological polar surface area (TPSA) is 63.6 Å². The summed E-state index contributed by atoms with van der Waals surface area (Å²) >= 11 is 0. The van der Waals surface area contributed by atoms with Crippen LogP contribution in [0.2, 0.25) is 0 Å². The minimum atomic E-state index is -1.42. The van der Waals surface area contributed by atoms with Crippen LogP contribution >= 0.6 is 0 Å². The van der Waals surface area contributed by atoms with Gasteiger partial charge in [0.25, 0.3) is 5.91 Å². The van der Waals surface area contributed by atoms with Crippen molar-refractivity contribution in [3.05, 3.63) is 59.9 Å². The Kier molecular flexibility index (Phi) is 8.19. The molecule has 7 heteroatoms. The van der Waals surface area contributed by atoms with E-state index in [2.05, 4.69) is 5.32 Å². The summed E-state index contributed by atoms with van der Waals surface area (Å²) in [5.41, 5.74) is 0.314. The number of nitrogens with zero attached hydrogens (tertiary/aromatic N) is 2. The highest BCUT2D eigenvalue weighted by atomic mass is 19.1. The second-order valence-corrected chi connectivity index (χ2v) is 6.90. The number of nitrogens with one attached hydrogen (secondary N) is 1. The molecule has 152 valence electrons. The highest BCUT2D eigenvalue weighted by Crippen LogP contribution is 2.25. The third-order valence-electron chi connectivity index (χ3n) is 4.74. The van der Waals surface area contributed by atoms with E-state index < -0.39 is 5.67 Å². The Morgan fingerprint density at radius 3 is 2.43 bits per heavy atom. The van der Waals surface area contributed by atoms with Crippen LogP contribution in [0.15, 0.2) is 48.7 Å². The predicted molar refractivity (Wildman–Crippen MR) is 106 cm³/mol. The molecule has 0 saturated carbocycles. The van der Waals surface area contributed by atoms with E-state index in [0.29, 0.717) is 25.4 Å². The fourth-order valence-electron chi connectivity index (χ4n) is 2.97. The highest BCUT2D eigenvalue weighted by molar-refractivity contribution is 5.92. The lowest BCUT2D eigenvalue weighted by Crippen LogP contribution is -2.48. The van der Waals surface area contributed by atoms with Crippen LogP contribution in [-0.4, -0.2) is 54.2 Å². The first kappa shape index (κ1) is 21.6. The first-order valence-electron chi connectivity index (χ1n) is 9.28. The summed E-state index contributed by atoms with van der Waals surface area (Å²) in [5, 5.41) is 2.63. The van der Waals surface area contributed by atoms with Gasteiger partial charge in [-0.25, -0.2) is 4.39 Å². The zero-order chi connectivity index (χ0) is 20.4. The van der Waals surface area contributed by atoms with E-state index in [4.69, 9.17) is 4.74 Å². The Bertz CT molecular complexity index is 740. The third kappa shape index (κ3) is 6.49. The summed E-state index contributed by atoms with van der Waals surface area (Å²) in [5.74, 6) is -0.276. The molecule has 1 aromatic heterocycles. The number of alkyl halides is 1. The van der Waals surface area contributed by atoms with Crippen molar-refractivity contribution in [1.29, 1.82) is 0 Å². The quantitative estimate of drug-likeness (QED) is 0.773. The van der Waals surface area contributed by atoms with Crippen LogP contribution in [0.25, 0.3) is 0 Å². The van der Waals surface area contributed by atoms with Gasteiger partial charge >= 0.3 is 0 Å². The molecule has 1 N–H and O–H groups in total. The van der Waals surface area contributed by atoms with E-state index in [1.54, 1.807) is 42.0 Å². The van der Waals surface area contributed by atoms with Crippen molar-refractivity contribution in [3.63, 3.8) is 0 Å². The van der Waals surface area contributed by atoms with Crippen LogP contribution in [0.4, 0.5) is 4.39 Å². The van der Waals surface area contributed by atoms with Gasteiger partial charge in [0.05, 0.1) is 13.2 Å². The molecule has 0 unspecified atom stereocenters. The molecule has 1 saturated heterocycles. The third-order valence-corrected chi connectivity index (χ3v) is 4.74. The SMILES string of the molecule is COCc1ccccc1.Cn1cccc1C(=O)NCC1(F)CCN(C=O)CC1. The van der Waals surface area contributed by atoms with Crippen molar-refractivity contribution < 1.29 is 18.7 Å². The lowest BCUT2D eigenvalue weighted by Gasteiger charge is -2.34. The minimum absolute atomic E-state index is 0.0102. The average molecular weight is 389 g/mol. The normalized spacial score (nSPS) is 15.3. The van der Waals surface area contributed by atoms with Gasteiger partial charge in [-0.1, -0.05) is 30.3 Å². The Labute approximate surface area is 165 Å². The summed E-state index contributed by atoms with van der Waals surface area (Å²) in [6, 6.07) is 13.6. The number of aryl methyl sites for hydroxylation is 1. The molecule has 2 heterocycles. The number of methoxy groups -OCH3 is 1. The van der Waals surface area contributed by atoms with Gasteiger partial charge in [0, 0.05) is 46.3 Å². The average Bonchev–Trinajstić information content (AvgIpc) is 3.14. The van der Waals surface area contributed by atoms with Gasteiger partial charge in [-0.05, 0) is 17.7 Å². The van der Waals surface area contributed by atoms with E-state index >= 15 is 0 Å². The molecular weight excluding hydrogens is 361 g/mol. The number of piperidine rings is 1. The molecule has 0 radical (unpaired) electrons. The summed E-state index contributed by atoms with van der Waals surface area (Å²) in [6.07, 6.45) is 3.03. The van der Waals surface area contributed by atoms with Crippen LogP contribution in [0.3, 0.4) is 0 Å². The van der Waals surface area contributed by atoms with Crippen molar-refractivity contribution in [2.75, 3.05) is 26.7 Å². The van der Waals surface area contributed by atoms with Gasteiger partial charge in [-0.3, -0.25) is 9.59 Å². The van der Waals surface area contributed by atoms with Crippen molar-refractivity contribution in [2.45, 2.75) is 25.1 Å². The van der Waals surface area contributed by atoms with Crippen molar-refractivity contribution in [1.82, 2.24) is 14.8 Å². The molecule has 0 aliphatic carbocycles. The van der Waals surface area contributed by atoms with E-state index in [9.17, 15) is 14.0 Å². The molecule has 2 aromatic rings. The Hall–Kier alpha value is -2.67. The lowest BCUT2D eigenvalue weighted by molar-refractivity contribution is -0.120. The molecule has 1 aliphatic rings. The van der Waals surface area contributed by atoms with Gasteiger partial charge < -0.3 is 19.5 Å². The number of ether oxygens (including phenoxy) is 1. The molecule has 2 amide bonds. The maximum atomic E-state index is 14.4. The van der Waals surface area contributed by atoms with Crippen LogP contribution in [0.1, 0.15) is 28.9 Å². The standard InChI is InChI=1S/C13H18FN3O2.C8H10O/c1-16-6-2-3-11(16)12(19)15-9-13(14)4-7-17(10-18)8-5-13;1-9-7-8-5-3-2-4-6-8/h2-3,6,10H,4-5,7-9H2,1H3,(H,15,19);2-6H,7H2,1H3. The number of aromatic nitrogens is 1. The van der Waals surface area contributed by atoms with Gasteiger partial charge in [0.2, 0.25) is 6.41 Å². The zero-order valence-corrected chi connectivity index (χ0v) is 16.4. The Balaban J connectivity index is 0.000000261. The summed E-state index contributed by atoms with van der Waals surface area (Å²) in [6.45, 7) is 1.50. The largest absolute Gasteiger partial charge is 0.380 e. The van der Waals surface area contributed by atoms with Crippen LogP contribution in [-0.2, 0) is 23.2 Å². The maximum Gasteiger partial charge on any atom is 0.268 e. The van der Waals surface area contributed by atoms with Crippen molar-refractivity contribution in [3.8, 4) is 0 Å². The van der Waals surface area contributed by atoms with E-state index in [1.165, 1.54) is 5.56 Å². The number of halogens is 1. The fourth-order valence-corrected chi connectivity index (χ4v) is 2.97. The second kappa shape index (κ2) is 10.6. The molecule has 3 rings (SSSR count). The molecule has 0 atom stereocenters. The van der Waals surface area contributed by atoms with Crippen molar-refractivity contribution >= 4 is 12.3 Å². The second-order valence-electron chi connectivity index (χ2n) is 6.90. The fraction of sp³-hybridized carbons (Fsp3) is 0.429. The number of benzene rings is 1. The monoisotopic (exact) mass is 389 g/mol. The predicted octanol–water partition coefficient (Wildman–Crippen LogP) is 2.55. The molecule has 1 fully saturated rings. The molecule has 0 bridgehead atoms. The van der Waals surface area contributed by atoms with Crippen molar-refractivity contribution in [2.24, 2.45) is 7.05 Å². The number of carbonyl (C=O) groups is 2. The van der Waals surface area contributed by atoms with Gasteiger partial charge in [-0.2, -0.15) is 0 Å². The highest BCUT2D eigenvalue weighted by Gasteiger charge is 2.34. The number of likely N-dealkylation sites (tertiary alicyclic amines) is 1. The molecule has 6 nitrogen and oxygen atoms in total. The molecule has 28 heavy (non-hydrogen) atoms. The molecule has 1 aromatic carbocycles. The van der Waals surface area contributed by atoms with E-state index in [0.717, 1.165) is 6.41 Å². The minimum Gasteiger partial charge on any atom is -0.380 e. The summed E-state index contributed by atoms with van der Waals surface area (Å²) in [4.78, 5) is 24.0. The molecule has 0 spiro atoms. The number of amides is 2. The number of hydrogen-bond acceptors (Lipinski definition) is 3. The Morgan fingerprint density at radius 1 is 1.21 bits per heavy atom. The lowest BCUT2D eigenvalue weighted by atomic mass is 9.93. The Morgan fingerprint density at radius 2 is 1.89 bits per heavy atom. The first-order chi connectivity index (χ1) is 13.5. The van der Waals surface area contributed by atoms with Crippen LogP contribution < -0.4 is 5.32 Å². The van der Waals surface area contributed by atoms with Gasteiger partial charge in [0.1, 0.15) is 11.4 Å². The van der Waals surface area contributed by atoms with Crippen LogP contribution in [0, 0.1) is 0 Å². The van der Waals surface area contributed by atoms with Gasteiger partial charge in [-0.15, -0.1) is 0 Å². The molecular formula is C21H28FN3O3. The number of carbonyl (C=O) groups excluding carboxylic acids is 2. The van der Waals surface area contributed by atoms with Crippen LogP contribution in [0.5, 0.6) is 0 Å². The first-order valence-corrected chi connectivity index (χ1v) is 9.28. The maximum absolute atomic E-state index is 14.4. The summed E-state index contributed by atoms with van der Waals surface area (Å²) < 4.78 is 21.0. The van der Waals surface area contributed by atoms with E-state index in [1.807, 2.05) is 30.3 Å².